The van der Waals surface area contributed by atoms with E-state index in [1.807, 2.05) is 13.0 Å². The second-order valence-corrected chi connectivity index (χ2v) is 5.69. The molecule has 0 aliphatic heterocycles. The predicted molar refractivity (Wildman–Crippen MR) is 92.2 cm³/mol. The Hall–Kier alpha value is -1.99. The summed E-state index contributed by atoms with van der Waals surface area (Å²) in [7, 11) is 0. The van der Waals surface area contributed by atoms with Crippen LogP contribution in [0.5, 0.6) is 0 Å². The SMILES string of the molecule is CCCC(C)CON(NC(=S)NC(C)=O)C(=O)c1ccccc1. The molecule has 6 nitrogen and oxygen atoms in total. The standard InChI is InChI=1S/C16H23N3O3S/c1-4-8-12(2)11-22-19(18-16(23)17-13(3)20)15(21)14-9-6-5-7-10-14/h5-7,9-10,12H,4,8,11H2,1-3H3,(H2,17,18,20,23). The molecule has 2 amide bonds. The molecular formula is C16H23N3O3S. The van der Waals surface area contributed by atoms with E-state index in [-0.39, 0.29) is 16.9 Å². The molecule has 1 aromatic rings. The Bertz CT molecular complexity index is 537. The second-order valence-electron chi connectivity index (χ2n) is 5.28. The molecule has 1 unspecified atom stereocenters. The third kappa shape index (κ3) is 7.21. The molecule has 0 radical (unpaired) electrons. The van der Waals surface area contributed by atoms with Gasteiger partial charge in [0, 0.05) is 12.5 Å². The van der Waals surface area contributed by atoms with Crippen LogP contribution in [0.2, 0.25) is 0 Å². The number of carbonyl (C=O) groups is 2. The lowest BCUT2D eigenvalue weighted by Gasteiger charge is -2.24. The second kappa shape index (κ2) is 9.91. The van der Waals surface area contributed by atoms with Gasteiger partial charge in [0.05, 0.1) is 6.61 Å². The minimum absolute atomic E-state index is 0.00456. The zero-order valence-electron chi connectivity index (χ0n) is 13.7. The predicted octanol–water partition coefficient (Wildman–Crippen LogP) is 2.42. The molecule has 0 spiro atoms. The molecule has 0 fully saturated rings. The Morgan fingerprint density at radius 3 is 2.52 bits per heavy atom. The van der Waals surface area contributed by atoms with E-state index >= 15 is 0 Å². The highest BCUT2D eigenvalue weighted by atomic mass is 32.1. The largest absolute Gasteiger partial charge is 0.302 e. The number of hydrazine groups is 1. The molecule has 1 aromatic carbocycles. The monoisotopic (exact) mass is 337 g/mol. The maximum atomic E-state index is 12.5. The van der Waals surface area contributed by atoms with Gasteiger partial charge in [-0.3, -0.25) is 14.4 Å². The van der Waals surface area contributed by atoms with E-state index < -0.39 is 0 Å². The Morgan fingerprint density at radius 2 is 1.96 bits per heavy atom. The van der Waals surface area contributed by atoms with Crippen LogP contribution in [0.3, 0.4) is 0 Å². The summed E-state index contributed by atoms with van der Waals surface area (Å²) in [4.78, 5) is 29.1. The Morgan fingerprint density at radius 1 is 1.30 bits per heavy atom. The molecule has 0 heterocycles. The van der Waals surface area contributed by atoms with Crippen molar-refractivity contribution in [2.24, 2.45) is 5.92 Å². The van der Waals surface area contributed by atoms with Crippen molar-refractivity contribution in [3.63, 3.8) is 0 Å². The van der Waals surface area contributed by atoms with Crippen LogP contribution in [-0.2, 0) is 9.63 Å². The van der Waals surface area contributed by atoms with E-state index in [4.69, 9.17) is 17.1 Å². The fraction of sp³-hybridized carbons (Fsp3) is 0.438. The van der Waals surface area contributed by atoms with Gasteiger partial charge in [-0.2, -0.15) is 0 Å². The fourth-order valence-electron chi connectivity index (χ4n) is 1.90. The van der Waals surface area contributed by atoms with Gasteiger partial charge in [-0.25, -0.2) is 5.43 Å². The topological polar surface area (TPSA) is 70.7 Å². The van der Waals surface area contributed by atoms with Crippen LogP contribution in [0.25, 0.3) is 0 Å². The van der Waals surface area contributed by atoms with Crippen molar-refractivity contribution in [1.29, 1.82) is 0 Å². The van der Waals surface area contributed by atoms with E-state index in [2.05, 4.69) is 17.7 Å². The number of amides is 2. The van der Waals surface area contributed by atoms with Crippen molar-refractivity contribution in [2.75, 3.05) is 6.61 Å². The first kappa shape index (κ1) is 19.1. The van der Waals surface area contributed by atoms with Crippen molar-refractivity contribution < 1.29 is 14.4 Å². The summed E-state index contributed by atoms with van der Waals surface area (Å²) >= 11 is 4.99. The lowest BCUT2D eigenvalue weighted by molar-refractivity contribution is -0.153. The minimum atomic E-state index is -0.387. The number of hydrogen-bond acceptors (Lipinski definition) is 4. The molecule has 1 atom stereocenters. The van der Waals surface area contributed by atoms with Gasteiger partial charge >= 0.3 is 0 Å². The zero-order chi connectivity index (χ0) is 17.2. The molecule has 7 heteroatoms. The maximum Gasteiger partial charge on any atom is 0.297 e. The van der Waals surface area contributed by atoms with E-state index in [1.165, 1.54) is 6.92 Å². The van der Waals surface area contributed by atoms with E-state index in [9.17, 15) is 9.59 Å². The molecule has 0 aliphatic carbocycles. The molecule has 0 aliphatic rings. The average molecular weight is 337 g/mol. The van der Waals surface area contributed by atoms with Gasteiger partial charge in [0.15, 0.2) is 5.11 Å². The molecule has 126 valence electrons. The third-order valence-corrected chi connectivity index (χ3v) is 3.16. The number of nitrogens with one attached hydrogen (secondary N) is 2. The van der Waals surface area contributed by atoms with Gasteiger partial charge in [0.2, 0.25) is 5.91 Å². The van der Waals surface area contributed by atoms with Gasteiger partial charge in [-0.05, 0) is 36.7 Å². The smallest absolute Gasteiger partial charge is 0.297 e. The van der Waals surface area contributed by atoms with E-state index in [0.717, 1.165) is 18.0 Å². The summed E-state index contributed by atoms with van der Waals surface area (Å²) in [5.41, 5.74) is 3.06. The van der Waals surface area contributed by atoms with Crippen LogP contribution in [0.4, 0.5) is 0 Å². The van der Waals surface area contributed by atoms with Crippen molar-refractivity contribution in [3.05, 3.63) is 35.9 Å². The Balaban J connectivity index is 2.76. The van der Waals surface area contributed by atoms with E-state index in [0.29, 0.717) is 18.1 Å². The number of hydroxylamine groups is 1. The summed E-state index contributed by atoms with van der Waals surface area (Å²) in [6.45, 7) is 5.83. The number of hydrogen-bond donors (Lipinski definition) is 2. The first-order valence-electron chi connectivity index (χ1n) is 7.54. The number of benzene rings is 1. The molecule has 0 aromatic heterocycles. The fourth-order valence-corrected chi connectivity index (χ4v) is 2.12. The number of carbonyl (C=O) groups excluding carboxylic acids is 2. The summed E-state index contributed by atoms with van der Waals surface area (Å²) in [5.74, 6) is -0.418. The summed E-state index contributed by atoms with van der Waals surface area (Å²) in [6.07, 6.45) is 2.03. The van der Waals surface area contributed by atoms with Gasteiger partial charge < -0.3 is 5.32 Å². The van der Waals surface area contributed by atoms with Crippen LogP contribution in [-0.4, -0.2) is 28.7 Å². The summed E-state index contributed by atoms with van der Waals surface area (Å²) in [6, 6.07) is 8.70. The molecule has 0 saturated carbocycles. The number of rotatable bonds is 6. The van der Waals surface area contributed by atoms with Crippen molar-refractivity contribution in [1.82, 2.24) is 15.9 Å². The molecule has 23 heavy (non-hydrogen) atoms. The lowest BCUT2D eigenvalue weighted by Crippen LogP contribution is -2.51. The summed E-state index contributed by atoms with van der Waals surface area (Å²) in [5, 5.41) is 3.38. The average Bonchev–Trinajstić information content (AvgIpc) is 2.51. The highest BCUT2D eigenvalue weighted by molar-refractivity contribution is 7.80. The van der Waals surface area contributed by atoms with Crippen LogP contribution in [0.15, 0.2) is 30.3 Å². The molecule has 0 saturated heterocycles. The van der Waals surface area contributed by atoms with Crippen molar-refractivity contribution in [3.8, 4) is 0 Å². The molecular weight excluding hydrogens is 314 g/mol. The van der Waals surface area contributed by atoms with Crippen LogP contribution < -0.4 is 10.7 Å². The van der Waals surface area contributed by atoms with E-state index in [1.54, 1.807) is 24.3 Å². The zero-order valence-corrected chi connectivity index (χ0v) is 14.5. The third-order valence-electron chi connectivity index (χ3n) is 2.97. The van der Waals surface area contributed by atoms with Crippen LogP contribution in [0, 0.1) is 5.92 Å². The van der Waals surface area contributed by atoms with Crippen molar-refractivity contribution in [2.45, 2.75) is 33.6 Å². The molecule has 1 rings (SSSR count). The van der Waals surface area contributed by atoms with Gasteiger partial charge in [-0.15, -0.1) is 5.17 Å². The molecule has 2 N–H and O–H groups in total. The highest BCUT2D eigenvalue weighted by Crippen LogP contribution is 2.08. The Labute approximate surface area is 142 Å². The minimum Gasteiger partial charge on any atom is -0.302 e. The maximum absolute atomic E-state index is 12.5. The van der Waals surface area contributed by atoms with Gasteiger partial charge in [0.1, 0.15) is 0 Å². The lowest BCUT2D eigenvalue weighted by atomic mass is 10.1. The number of thiocarbonyl (C=S) groups is 1. The molecule has 0 bridgehead atoms. The van der Waals surface area contributed by atoms with Gasteiger partial charge in [0.25, 0.3) is 5.91 Å². The summed E-state index contributed by atoms with van der Waals surface area (Å²) < 4.78 is 0. The first-order chi connectivity index (χ1) is 10.9. The first-order valence-corrected chi connectivity index (χ1v) is 7.95. The van der Waals surface area contributed by atoms with Crippen LogP contribution >= 0.6 is 12.2 Å². The number of nitrogens with zero attached hydrogens (tertiary/aromatic N) is 1. The highest BCUT2D eigenvalue weighted by Gasteiger charge is 2.19. The quantitative estimate of drug-likeness (QED) is 0.616. The van der Waals surface area contributed by atoms with Crippen molar-refractivity contribution >= 4 is 29.1 Å². The van der Waals surface area contributed by atoms with Gasteiger partial charge in [-0.1, -0.05) is 38.5 Å². The Kier molecular flexibility index (Phi) is 8.21. The normalized spacial score (nSPS) is 11.4. The van der Waals surface area contributed by atoms with Crippen LogP contribution in [0.1, 0.15) is 44.0 Å².